The first-order valence-electron chi connectivity index (χ1n) is 8.74. The third-order valence-corrected chi connectivity index (χ3v) is 5.63. The van der Waals surface area contributed by atoms with Gasteiger partial charge in [-0.25, -0.2) is 4.39 Å². The maximum Gasteiger partial charge on any atom is 0.227 e. The molecule has 0 bridgehead atoms. The quantitative estimate of drug-likeness (QED) is 0.835. The average molecular weight is 332 g/mol. The largest absolute Gasteiger partial charge is 0.338 e. The van der Waals surface area contributed by atoms with E-state index in [4.69, 9.17) is 0 Å². The molecule has 0 radical (unpaired) electrons. The zero-order valence-electron chi connectivity index (χ0n) is 14.4. The summed E-state index contributed by atoms with van der Waals surface area (Å²) in [7, 11) is 0. The van der Waals surface area contributed by atoms with Gasteiger partial charge in [-0.1, -0.05) is 12.1 Å². The third kappa shape index (κ3) is 3.04. The van der Waals surface area contributed by atoms with Gasteiger partial charge in [0, 0.05) is 20.0 Å². The maximum atomic E-state index is 13.0. The number of likely N-dealkylation sites (tertiary alicyclic amines) is 2. The second-order valence-corrected chi connectivity index (χ2v) is 7.18. The molecule has 0 spiro atoms. The molecule has 1 aromatic carbocycles. The van der Waals surface area contributed by atoms with E-state index in [0.717, 1.165) is 44.3 Å². The molecule has 0 N–H and O–H groups in total. The Kier molecular flexibility index (Phi) is 4.61. The minimum Gasteiger partial charge on any atom is -0.338 e. The van der Waals surface area contributed by atoms with Gasteiger partial charge in [-0.3, -0.25) is 9.59 Å². The summed E-state index contributed by atoms with van der Waals surface area (Å²) in [5.41, 5.74) is 0.533. The fraction of sp³-hybridized carbons (Fsp3) is 0.579. The highest BCUT2D eigenvalue weighted by Gasteiger charge is 2.49. The van der Waals surface area contributed by atoms with Crippen molar-refractivity contribution >= 4 is 11.8 Å². The lowest BCUT2D eigenvalue weighted by atomic mass is 9.75. The number of benzene rings is 1. The molecule has 2 atom stereocenters. The highest BCUT2D eigenvalue weighted by molar-refractivity contribution is 5.80. The van der Waals surface area contributed by atoms with Gasteiger partial charge in [-0.15, -0.1) is 0 Å². The molecule has 2 saturated heterocycles. The number of rotatable bonds is 2. The van der Waals surface area contributed by atoms with E-state index in [1.165, 1.54) is 12.1 Å². The maximum absolute atomic E-state index is 13.0. The van der Waals surface area contributed by atoms with Gasteiger partial charge in [0.1, 0.15) is 5.82 Å². The van der Waals surface area contributed by atoms with Crippen LogP contribution in [0.25, 0.3) is 0 Å². The average Bonchev–Trinajstić information content (AvgIpc) is 2.55. The summed E-state index contributed by atoms with van der Waals surface area (Å²) in [6, 6.07) is 6.22. The minimum absolute atomic E-state index is 0.0687. The van der Waals surface area contributed by atoms with E-state index in [2.05, 4.69) is 6.92 Å². The molecule has 2 heterocycles. The summed E-state index contributed by atoms with van der Waals surface area (Å²) in [6.45, 7) is 5.26. The van der Waals surface area contributed by atoms with Crippen LogP contribution in [0.5, 0.6) is 0 Å². The monoisotopic (exact) mass is 332 g/mol. The van der Waals surface area contributed by atoms with Gasteiger partial charge < -0.3 is 9.80 Å². The van der Waals surface area contributed by atoms with Gasteiger partial charge in [-0.2, -0.15) is 0 Å². The minimum atomic E-state index is -0.292. The molecule has 0 aliphatic carbocycles. The summed E-state index contributed by atoms with van der Waals surface area (Å²) in [4.78, 5) is 28.8. The topological polar surface area (TPSA) is 40.6 Å². The van der Waals surface area contributed by atoms with Crippen LogP contribution in [0, 0.1) is 5.82 Å². The van der Waals surface area contributed by atoms with E-state index < -0.39 is 0 Å². The summed E-state index contributed by atoms with van der Waals surface area (Å²) in [6.07, 6.45) is 4.00. The van der Waals surface area contributed by atoms with Crippen LogP contribution in [0.1, 0.15) is 45.1 Å². The predicted molar refractivity (Wildman–Crippen MR) is 89.9 cm³/mol. The number of fused-ring (bicyclic) bond motifs is 1. The Morgan fingerprint density at radius 3 is 2.58 bits per heavy atom. The number of carbonyl (C=O) groups excluding carboxylic acids is 2. The molecule has 2 aliphatic rings. The van der Waals surface area contributed by atoms with E-state index in [-0.39, 0.29) is 35.6 Å². The van der Waals surface area contributed by atoms with Gasteiger partial charge in [0.2, 0.25) is 11.8 Å². The molecule has 130 valence electrons. The molecule has 2 amide bonds. The van der Waals surface area contributed by atoms with Crippen molar-refractivity contribution in [2.75, 3.05) is 13.1 Å². The van der Waals surface area contributed by atoms with Crippen molar-refractivity contribution in [3.8, 4) is 0 Å². The first-order chi connectivity index (χ1) is 11.4. The van der Waals surface area contributed by atoms with Crippen molar-refractivity contribution in [1.82, 2.24) is 9.80 Å². The van der Waals surface area contributed by atoms with E-state index >= 15 is 0 Å². The Balaban J connectivity index is 1.80. The van der Waals surface area contributed by atoms with Crippen LogP contribution in [0.2, 0.25) is 0 Å². The molecule has 0 aromatic heterocycles. The first kappa shape index (κ1) is 16.9. The number of amides is 2. The lowest BCUT2D eigenvalue weighted by molar-refractivity contribution is -0.154. The van der Waals surface area contributed by atoms with Gasteiger partial charge in [-0.05, 0) is 50.3 Å². The summed E-state index contributed by atoms with van der Waals surface area (Å²) in [5, 5.41) is 0. The Morgan fingerprint density at radius 1 is 1.21 bits per heavy atom. The third-order valence-electron chi connectivity index (χ3n) is 5.63. The zero-order chi connectivity index (χ0) is 17.3. The molecule has 3 rings (SSSR count). The standard InChI is InChI=1S/C19H25FN2O2/c1-14(23)21-11-4-10-19(2)17(21)5-3-12-22(19)18(24)13-15-6-8-16(20)9-7-15/h6-9,17H,3-5,10-13H2,1-2H3/t17-,19+/m1/s1. The molecule has 2 aliphatic heterocycles. The number of hydrogen-bond donors (Lipinski definition) is 0. The molecule has 0 saturated carbocycles. The summed E-state index contributed by atoms with van der Waals surface area (Å²) >= 11 is 0. The predicted octanol–water partition coefficient (Wildman–Crippen LogP) is 2.76. The molecule has 24 heavy (non-hydrogen) atoms. The van der Waals surface area contributed by atoms with Crippen molar-refractivity contribution in [3.63, 3.8) is 0 Å². The number of carbonyl (C=O) groups is 2. The fourth-order valence-corrected chi connectivity index (χ4v) is 4.40. The van der Waals surface area contributed by atoms with Crippen LogP contribution in [0.4, 0.5) is 4.39 Å². The second-order valence-electron chi connectivity index (χ2n) is 7.18. The number of hydrogen-bond acceptors (Lipinski definition) is 2. The van der Waals surface area contributed by atoms with Crippen molar-refractivity contribution in [2.45, 2.75) is 57.5 Å². The van der Waals surface area contributed by atoms with Crippen molar-refractivity contribution in [2.24, 2.45) is 0 Å². The Hall–Kier alpha value is -1.91. The van der Waals surface area contributed by atoms with E-state index in [1.807, 2.05) is 9.80 Å². The molecule has 1 aromatic rings. The second kappa shape index (κ2) is 6.54. The number of halogens is 1. The summed E-state index contributed by atoms with van der Waals surface area (Å²) < 4.78 is 13.0. The highest BCUT2D eigenvalue weighted by atomic mass is 19.1. The zero-order valence-corrected chi connectivity index (χ0v) is 14.4. The smallest absolute Gasteiger partial charge is 0.227 e. The lowest BCUT2D eigenvalue weighted by Crippen LogP contribution is -2.68. The highest BCUT2D eigenvalue weighted by Crippen LogP contribution is 2.39. The number of piperidine rings is 2. The SMILES string of the molecule is CC(=O)N1CCC[C@@]2(C)[C@H]1CCCN2C(=O)Cc1ccc(F)cc1. The molecule has 5 heteroatoms. The van der Waals surface area contributed by atoms with Crippen molar-refractivity contribution in [1.29, 1.82) is 0 Å². The molecular formula is C19H25FN2O2. The van der Waals surface area contributed by atoms with Crippen LogP contribution in [0.3, 0.4) is 0 Å². The van der Waals surface area contributed by atoms with Gasteiger partial charge in [0.15, 0.2) is 0 Å². The van der Waals surface area contributed by atoms with Gasteiger partial charge >= 0.3 is 0 Å². The van der Waals surface area contributed by atoms with Crippen LogP contribution >= 0.6 is 0 Å². The normalized spacial score (nSPS) is 26.9. The first-order valence-corrected chi connectivity index (χ1v) is 8.74. The molecule has 4 nitrogen and oxygen atoms in total. The van der Waals surface area contributed by atoms with Gasteiger partial charge in [0.25, 0.3) is 0 Å². The van der Waals surface area contributed by atoms with Crippen molar-refractivity contribution < 1.29 is 14.0 Å². The van der Waals surface area contributed by atoms with Crippen LogP contribution < -0.4 is 0 Å². The summed E-state index contributed by atoms with van der Waals surface area (Å²) in [5.74, 6) is -0.126. The number of nitrogens with zero attached hydrogens (tertiary/aromatic N) is 2. The fourth-order valence-electron chi connectivity index (χ4n) is 4.40. The Labute approximate surface area is 142 Å². The van der Waals surface area contributed by atoms with Crippen LogP contribution in [-0.2, 0) is 16.0 Å². The van der Waals surface area contributed by atoms with Gasteiger partial charge in [0.05, 0.1) is 18.0 Å². The van der Waals surface area contributed by atoms with E-state index in [9.17, 15) is 14.0 Å². The lowest BCUT2D eigenvalue weighted by Gasteiger charge is -2.56. The van der Waals surface area contributed by atoms with E-state index in [1.54, 1.807) is 19.1 Å². The van der Waals surface area contributed by atoms with Crippen LogP contribution in [-0.4, -0.2) is 46.3 Å². The molecular weight excluding hydrogens is 307 g/mol. The van der Waals surface area contributed by atoms with E-state index in [0.29, 0.717) is 0 Å². The Bertz CT molecular complexity index is 631. The Morgan fingerprint density at radius 2 is 1.92 bits per heavy atom. The molecule has 0 unspecified atom stereocenters. The van der Waals surface area contributed by atoms with Crippen LogP contribution in [0.15, 0.2) is 24.3 Å². The molecule has 2 fully saturated rings. The van der Waals surface area contributed by atoms with Crippen molar-refractivity contribution in [3.05, 3.63) is 35.6 Å².